The molecule has 0 aromatic heterocycles. The average molecular weight is 432 g/mol. The molecular weight excluding hydrogens is 402 g/mol. The third-order valence-corrected chi connectivity index (χ3v) is 6.02. The minimum absolute atomic E-state index is 0.0619. The number of likely N-dealkylation sites (N-methyl/N-ethyl adjacent to an activating group) is 1. The lowest BCUT2D eigenvalue weighted by atomic mass is 10.0. The predicted molar refractivity (Wildman–Crippen MR) is 116 cm³/mol. The van der Waals surface area contributed by atoms with Gasteiger partial charge in [0.15, 0.2) is 0 Å². The van der Waals surface area contributed by atoms with Crippen LogP contribution in [0.25, 0.3) is 0 Å². The molecule has 2 aromatic rings. The van der Waals surface area contributed by atoms with E-state index in [0.29, 0.717) is 12.8 Å². The minimum Gasteiger partial charge on any atom is -0.357 e. The number of hydrogen-bond acceptors (Lipinski definition) is 4. The number of carbonyl (C=O) groups is 2. The van der Waals surface area contributed by atoms with Crippen LogP contribution in [0.2, 0.25) is 0 Å². The highest BCUT2D eigenvalue weighted by atomic mass is 32.2. The molecule has 0 saturated carbocycles. The zero-order valence-corrected chi connectivity index (χ0v) is 18.3. The zero-order valence-electron chi connectivity index (χ0n) is 17.5. The molecule has 3 N–H and O–H groups in total. The second kappa shape index (κ2) is 10.9. The second-order valence-electron chi connectivity index (χ2n) is 7.48. The average Bonchev–Trinajstić information content (AvgIpc) is 2.73. The van der Waals surface area contributed by atoms with Gasteiger partial charge in [-0.05, 0) is 30.0 Å². The van der Waals surface area contributed by atoms with Crippen LogP contribution < -0.4 is 15.4 Å². The van der Waals surface area contributed by atoms with E-state index in [1.807, 2.05) is 44.2 Å². The normalized spacial score (nSPS) is 13.5. The fourth-order valence-electron chi connectivity index (χ4n) is 3.04. The Bertz CT molecular complexity index is 931. The molecule has 8 heteroatoms. The summed E-state index contributed by atoms with van der Waals surface area (Å²) in [6.07, 6.45) is 0.593. The zero-order chi connectivity index (χ0) is 22.1. The van der Waals surface area contributed by atoms with Crippen LogP contribution in [-0.4, -0.2) is 39.4 Å². The summed E-state index contributed by atoms with van der Waals surface area (Å²) in [5.41, 5.74) is 0.886. The Labute approximate surface area is 178 Å². The number of carbonyl (C=O) groups excluding carboxylic acids is 2. The maximum absolute atomic E-state index is 13.0. The van der Waals surface area contributed by atoms with Crippen molar-refractivity contribution in [2.75, 3.05) is 7.05 Å². The SMILES string of the molecule is CNC(=O)[C@H](Cc1ccccc1)NC(=O)[C@H](CC(C)C)NS(=O)(=O)c1ccccc1. The monoisotopic (exact) mass is 431 g/mol. The van der Waals surface area contributed by atoms with Crippen molar-refractivity contribution in [1.29, 1.82) is 0 Å². The lowest BCUT2D eigenvalue weighted by Gasteiger charge is -2.24. The Morgan fingerprint density at radius 2 is 1.43 bits per heavy atom. The fourth-order valence-corrected chi connectivity index (χ4v) is 4.27. The molecule has 0 radical (unpaired) electrons. The number of benzene rings is 2. The number of rotatable bonds is 10. The highest BCUT2D eigenvalue weighted by molar-refractivity contribution is 7.89. The number of sulfonamides is 1. The van der Waals surface area contributed by atoms with Crippen molar-refractivity contribution >= 4 is 21.8 Å². The Balaban J connectivity index is 2.20. The molecule has 2 amide bonds. The van der Waals surface area contributed by atoms with Crippen molar-refractivity contribution in [2.24, 2.45) is 5.92 Å². The van der Waals surface area contributed by atoms with E-state index in [-0.39, 0.29) is 16.7 Å². The molecule has 0 aliphatic rings. The van der Waals surface area contributed by atoms with Crippen LogP contribution in [-0.2, 0) is 26.0 Å². The molecule has 0 fully saturated rings. The highest BCUT2D eigenvalue weighted by Crippen LogP contribution is 2.13. The molecule has 7 nitrogen and oxygen atoms in total. The van der Waals surface area contributed by atoms with Crippen molar-refractivity contribution < 1.29 is 18.0 Å². The molecule has 162 valence electrons. The third-order valence-electron chi connectivity index (χ3n) is 4.54. The van der Waals surface area contributed by atoms with Gasteiger partial charge in [0, 0.05) is 13.5 Å². The summed E-state index contributed by atoms with van der Waals surface area (Å²) in [7, 11) is -2.39. The summed E-state index contributed by atoms with van der Waals surface area (Å²) in [4.78, 5) is 25.4. The maximum atomic E-state index is 13.0. The molecule has 0 saturated heterocycles. The predicted octanol–water partition coefficient (Wildman–Crippen LogP) is 1.85. The van der Waals surface area contributed by atoms with E-state index in [4.69, 9.17) is 0 Å². The first-order valence-corrected chi connectivity index (χ1v) is 11.3. The van der Waals surface area contributed by atoms with Gasteiger partial charge in [-0.2, -0.15) is 4.72 Å². The second-order valence-corrected chi connectivity index (χ2v) is 9.20. The van der Waals surface area contributed by atoms with E-state index >= 15 is 0 Å². The van der Waals surface area contributed by atoms with Crippen LogP contribution in [0.5, 0.6) is 0 Å². The summed E-state index contributed by atoms with van der Waals surface area (Å²) < 4.78 is 27.9. The molecule has 30 heavy (non-hydrogen) atoms. The molecule has 0 aliphatic carbocycles. The molecule has 2 rings (SSSR count). The first-order valence-electron chi connectivity index (χ1n) is 9.86. The van der Waals surface area contributed by atoms with E-state index < -0.39 is 28.0 Å². The van der Waals surface area contributed by atoms with Crippen molar-refractivity contribution in [1.82, 2.24) is 15.4 Å². The largest absolute Gasteiger partial charge is 0.357 e. The summed E-state index contributed by atoms with van der Waals surface area (Å²) in [6.45, 7) is 3.80. The third kappa shape index (κ3) is 6.96. The van der Waals surface area contributed by atoms with Crippen molar-refractivity contribution in [3.8, 4) is 0 Å². The van der Waals surface area contributed by atoms with Crippen molar-refractivity contribution in [2.45, 2.75) is 43.7 Å². The van der Waals surface area contributed by atoms with Gasteiger partial charge in [-0.25, -0.2) is 8.42 Å². The minimum atomic E-state index is -3.88. The van der Waals surface area contributed by atoms with Gasteiger partial charge >= 0.3 is 0 Å². The van der Waals surface area contributed by atoms with E-state index in [1.165, 1.54) is 19.2 Å². The lowest BCUT2D eigenvalue weighted by Crippen LogP contribution is -2.54. The van der Waals surface area contributed by atoms with Gasteiger partial charge in [-0.3, -0.25) is 9.59 Å². The summed E-state index contributed by atoms with van der Waals surface area (Å²) in [6, 6.07) is 15.4. The molecule has 0 spiro atoms. The molecule has 0 aliphatic heterocycles. The van der Waals surface area contributed by atoms with E-state index in [9.17, 15) is 18.0 Å². The van der Waals surface area contributed by atoms with Crippen LogP contribution in [0.15, 0.2) is 65.6 Å². The van der Waals surface area contributed by atoms with Gasteiger partial charge < -0.3 is 10.6 Å². The Morgan fingerprint density at radius 3 is 1.97 bits per heavy atom. The quantitative estimate of drug-likeness (QED) is 0.534. The van der Waals surface area contributed by atoms with Gasteiger partial charge in [-0.15, -0.1) is 0 Å². The molecular formula is C22H29N3O4S. The lowest BCUT2D eigenvalue weighted by molar-refractivity contribution is -0.129. The van der Waals surface area contributed by atoms with Gasteiger partial charge in [-0.1, -0.05) is 62.4 Å². The van der Waals surface area contributed by atoms with Gasteiger partial charge in [0.05, 0.1) is 4.90 Å². The summed E-state index contributed by atoms with van der Waals surface area (Å²) >= 11 is 0. The Morgan fingerprint density at radius 1 is 0.867 bits per heavy atom. The van der Waals surface area contributed by atoms with Gasteiger partial charge in [0.25, 0.3) is 0 Å². The molecule has 0 bridgehead atoms. The molecule has 2 atom stereocenters. The Hall–Kier alpha value is -2.71. The standard InChI is InChI=1S/C22H29N3O4S/c1-16(2)14-20(25-30(28,29)18-12-8-5-9-13-18)22(27)24-19(21(26)23-3)15-17-10-6-4-7-11-17/h4-13,16,19-20,25H,14-15H2,1-3H3,(H,23,26)(H,24,27)/t19-,20-/m0/s1. The maximum Gasteiger partial charge on any atom is 0.242 e. The molecule has 0 heterocycles. The first kappa shape index (κ1) is 23.6. The number of nitrogens with one attached hydrogen (secondary N) is 3. The van der Waals surface area contributed by atoms with Crippen LogP contribution in [0.1, 0.15) is 25.8 Å². The summed E-state index contributed by atoms with van der Waals surface area (Å²) in [5, 5.41) is 5.27. The van der Waals surface area contributed by atoms with E-state index in [0.717, 1.165) is 5.56 Å². The van der Waals surface area contributed by atoms with Crippen molar-refractivity contribution in [3.63, 3.8) is 0 Å². The van der Waals surface area contributed by atoms with Crippen LogP contribution >= 0.6 is 0 Å². The first-order chi connectivity index (χ1) is 14.2. The van der Waals surface area contributed by atoms with E-state index in [2.05, 4.69) is 15.4 Å². The summed E-state index contributed by atoms with van der Waals surface area (Å²) in [5.74, 6) is -0.819. The Kier molecular flexibility index (Phi) is 8.56. The fraction of sp³-hybridized carbons (Fsp3) is 0.364. The van der Waals surface area contributed by atoms with Gasteiger partial charge in [0.2, 0.25) is 21.8 Å². The highest BCUT2D eigenvalue weighted by Gasteiger charge is 2.29. The van der Waals surface area contributed by atoms with Gasteiger partial charge in [0.1, 0.15) is 12.1 Å². The van der Waals surface area contributed by atoms with Crippen LogP contribution in [0.4, 0.5) is 0 Å². The molecule has 2 aromatic carbocycles. The number of amides is 2. The van der Waals surface area contributed by atoms with Crippen LogP contribution in [0, 0.1) is 5.92 Å². The topological polar surface area (TPSA) is 104 Å². The molecule has 0 unspecified atom stereocenters. The van der Waals surface area contributed by atoms with Crippen LogP contribution in [0.3, 0.4) is 0 Å². The van der Waals surface area contributed by atoms with Crippen molar-refractivity contribution in [3.05, 3.63) is 66.2 Å². The van der Waals surface area contributed by atoms with E-state index in [1.54, 1.807) is 18.2 Å². The smallest absolute Gasteiger partial charge is 0.242 e. The number of hydrogen-bond donors (Lipinski definition) is 3.